The van der Waals surface area contributed by atoms with Crippen LogP contribution in [0.15, 0.2) is 5.16 Å². The molecular formula is C4H6ClNO. The summed E-state index contributed by atoms with van der Waals surface area (Å²) in [6, 6.07) is 0. The molecule has 0 saturated heterocycles. The first-order chi connectivity index (χ1) is 2.91. The maximum atomic E-state index is 4.75. The van der Waals surface area contributed by atoms with Crippen LogP contribution in [0.2, 0.25) is 0 Å². The van der Waals surface area contributed by atoms with Crippen LogP contribution in [0.5, 0.6) is 0 Å². The molecule has 0 N–H and O–H groups in total. The van der Waals surface area contributed by atoms with Gasteiger partial charge in [0, 0.05) is 6.72 Å². The summed E-state index contributed by atoms with van der Waals surface area (Å²) in [6.45, 7) is 3.24. The second-order valence-electron chi connectivity index (χ2n) is 0.607. The smallest absolute Gasteiger partial charge is 0.177 e. The zero-order chi connectivity index (χ0) is 4.83. The van der Waals surface area contributed by atoms with E-state index in [1.165, 1.54) is 0 Å². The zero-order valence-electron chi connectivity index (χ0n) is 3.76. The van der Waals surface area contributed by atoms with E-state index in [0.29, 0.717) is 0 Å². The maximum absolute atomic E-state index is 4.75. The molecule has 0 aliphatic heterocycles. The molecule has 40 valence electrons. The van der Waals surface area contributed by atoms with Crippen LogP contribution < -0.4 is 0 Å². The van der Waals surface area contributed by atoms with Gasteiger partial charge in [-0.3, -0.25) is 0 Å². The number of rotatable bonds is 2. The van der Waals surface area contributed by atoms with Gasteiger partial charge in [0.2, 0.25) is 0 Å². The molecule has 0 rings (SSSR count). The third-order valence-corrected chi connectivity index (χ3v) is 0.239. The Hall–Kier alpha value is -0.680. The SMILES string of the molecule is C#CCON=C.Cl. The van der Waals surface area contributed by atoms with Crippen molar-refractivity contribution in [3.8, 4) is 12.3 Å². The fraction of sp³-hybridized carbons (Fsp3) is 0.250. The summed E-state index contributed by atoms with van der Waals surface area (Å²) in [7, 11) is 0. The molecule has 0 heterocycles. The molecule has 3 heteroatoms. The zero-order valence-corrected chi connectivity index (χ0v) is 4.57. The highest BCUT2D eigenvalue weighted by molar-refractivity contribution is 5.85. The average Bonchev–Trinajstić information content (AvgIpc) is 1.61. The third-order valence-electron chi connectivity index (χ3n) is 0.239. The molecule has 0 spiro atoms. The van der Waals surface area contributed by atoms with Crippen LogP contribution in [-0.2, 0) is 4.84 Å². The van der Waals surface area contributed by atoms with E-state index >= 15 is 0 Å². The van der Waals surface area contributed by atoms with E-state index in [9.17, 15) is 0 Å². The minimum atomic E-state index is 0. The molecule has 0 unspecified atom stereocenters. The van der Waals surface area contributed by atoms with Gasteiger partial charge in [-0.1, -0.05) is 5.92 Å². The Morgan fingerprint density at radius 2 is 2.43 bits per heavy atom. The van der Waals surface area contributed by atoms with Crippen LogP contribution in [-0.4, -0.2) is 13.3 Å². The summed E-state index contributed by atoms with van der Waals surface area (Å²) >= 11 is 0. The van der Waals surface area contributed by atoms with E-state index < -0.39 is 0 Å². The lowest BCUT2D eigenvalue weighted by Gasteiger charge is -1.82. The topological polar surface area (TPSA) is 21.6 Å². The van der Waals surface area contributed by atoms with Crippen molar-refractivity contribution < 1.29 is 4.84 Å². The summed E-state index contributed by atoms with van der Waals surface area (Å²) in [4.78, 5) is 4.26. The molecule has 0 aromatic rings. The monoisotopic (exact) mass is 119 g/mol. The number of halogens is 1. The summed E-state index contributed by atoms with van der Waals surface area (Å²) in [6.07, 6.45) is 4.75. The van der Waals surface area contributed by atoms with Crippen molar-refractivity contribution in [1.29, 1.82) is 0 Å². The molecule has 0 radical (unpaired) electrons. The Labute approximate surface area is 48.9 Å². The van der Waals surface area contributed by atoms with Crippen LogP contribution in [0.3, 0.4) is 0 Å². The van der Waals surface area contributed by atoms with E-state index in [2.05, 4.69) is 22.6 Å². The van der Waals surface area contributed by atoms with Crippen molar-refractivity contribution in [3.63, 3.8) is 0 Å². The van der Waals surface area contributed by atoms with Crippen LogP contribution in [0, 0.1) is 12.3 Å². The lowest BCUT2D eigenvalue weighted by Crippen LogP contribution is -1.76. The van der Waals surface area contributed by atoms with Gasteiger partial charge < -0.3 is 4.84 Å². The molecule has 0 bridgehead atoms. The highest BCUT2D eigenvalue weighted by atomic mass is 35.5. The lowest BCUT2D eigenvalue weighted by atomic mass is 10.8. The van der Waals surface area contributed by atoms with Crippen molar-refractivity contribution in [2.24, 2.45) is 5.16 Å². The minimum absolute atomic E-state index is 0. The van der Waals surface area contributed by atoms with Crippen LogP contribution >= 0.6 is 12.4 Å². The van der Waals surface area contributed by atoms with Gasteiger partial charge in [-0.05, 0) is 0 Å². The van der Waals surface area contributed by atoms with E-state index in [4.69, 9.17) is 6.42 Å². The van der Waals surface area contributed by atoms with Crippen molar-refractivity contribution in [3.05, 3.63) is 0 Å². The molecule has 0 aromatic heterocycles. The first-order valence-electron chi connectivity index (χ1n) is 1.43. The van der Waals surface area contributed by atoms with Gasteiger partial charge in [0.15, 0.2) is 6.61 Å². The van der Waals surface area contributed by atoms with Crippen molar-refractivity contribution in [1.82, 2.24) is 0 Å². The maximum Gasteiger partial charge on any atom is 0.177 e. The first-order valence-corrected chi connectivity index (χ1v) is 1.43. The molecule has 0 saturated carbocycles. The molecule has 0 fully saturated rings. The molecule has 0 amide bonds. The molecule has 0 aliphatic carbocycles. The first kappa shape index (κ1) is 9.58. The van der Waals surface area contributed by atoms with Gasteiger partial charge in [-0.2, -0.15) is 0 Å². The highest BCUT2D eigenvalue weighted by Crippen LogP contribution is 1.64. The van der Waals surface area contributed by atoms with E-state index in [1.807, 2.05) is 0 Å². The van der Waals surface area contributed by atoms with E-state index in [1.54, 1.807) is 0 Å². The minimum Gasteiger partial charge on any atom is -0.383 e. The summed E-state index contributed by atoms with van der Waals surface area (Å²) < 4.78 is 0. The fourth-order valence-electron chi connectivity index (χ4n) is 0.0829. The number of nitrogens with zero attached hydrogens (tertiary/aromatic N) is 1. The predicted octanol–water partition coefficient (Wildman–Crippen LogP) is 0.674. The fourth-order valence-corrected chi connectivity index (χ4v) is 0.0829. The number of hydrogen-bond donors (Lipinski definition) is 0. The van der Waals surface area contributed by atoms with Crippen molar-refractivity contribution in [2.75, 3.05) is 6.61 Å². The van der Waals surface area contributed by atoms with Gasteiger partial charge in [-0.25, -0.2) is 0 Å². The summed E-state index contributed by atoms with van der Waals surface area (Å²) in [5.41, 5.74) is 0. The van der Waals surface area contributed by atoms with Crippen LogP contribution in [0.1, 0.15) is 0 Å². The Balaban J connectivity index is 0. The molecule has 2 nitrogen and oxygen atoms in total. The van der Waals surface area contributed by atoms with Crippen LogP contribution in [0.4, 0.5) is 0 Å². The number of oxime groups is 1. The van der Waals surface area contributed by atoms with Crippen molar-refractivity contribution >= 4 is 19.1 Å². The molecule has 0 aliphatic rings. The normalized spacial score (nSPS) is 5.00. The Morgan fingerprint density at radius 3 is 2.57 bits per heavy atom. The molecular weight excluding hydrogens is 114 g/mol. The lowest BCUT2D eigenvalue weighted by molar-refractivity contribution is 0.183. The molecule has 0 aromatic carbocycles. The summed E-state index contributed by atoms with van der Waals surface area (Å²) in [5.74, 6) is 2.21. The van der Waals surface area contributed by atoms with Crippen LogP contribution in [0.25, 0.3) is 0 Å². The van der Waals surface area contributed by atoms with Gasteiger partial charge in [-0.15, -0.1) is 24.0 Å². The highest BCUT2D eigenvalue weighted by Gasteiger charge is 1.62. The molecule has 7 heavy (non-hydrogen) atoms. The Morgan fingerprint density at radius 1 is 1.86 bits per heavy atom. The predicted molar refractivity (Wildman–Crippen MR) is 31.6 cm³/mol. The standard InChI is InChI=1S/C4H5NO.ClH/c1-3-4-6-5-2;/h1H,2,4H2;1H. The molecule has 0 atom stereocenters. The number of hydrogen-bond acceptors (Lipinski definition) is 2. The van der Waals surface area contributed by atoms with Gasteiger partial charge >= 0.3 is 0 Å². The van der Waals surface area contributed by atoms with Gasteiger partial charge in [0.05, 0.1) is 0 Å². The quantitative estimate of drug-likeness (QED) is 0.227. The Bertz CT molecular complexity index is 76.2. The third kappa shape index (κ3) is 10.9. The van der Waals surface area contributed by atoms with E-state index in [-0.39, 0.29) is 19.0 Å². The van der Waals surface area contributed by atoms with E-state index in [0.717, 1.165) is 0 Å². The second-order valence-corrected chi connectivity index (χ2v) is 0.607. The van der Waals surface area contributed by atoms with Gasteiger partial charge in [0.25, 0.3) is 0 Å². The second kappa shape index (κ2) is 9.01. The van der Waals surface area contributed by atoms with Crippen molar-refractivity contribution in [2.45, 2.75) is 0 Å². The Kier molecular flexibility index (Phi) is 12.3. The summed E-state index contributed by atoms with van der Waals surface area (Å²) in [5, 5.41) is 3.03. The number of terminal acetylenes is 1. The largest absolute Gasteiger partial charge is 0.383 e. The average molecular weight is 120 g/mol. The van der Waals surface area contributed by atoms with Gasteiger partial charge in [0.1, 0.15) is 0 Å².